The maximum absolute atomic E-state index is 13.5. The number of hydrogen-bond donors (Lipinski definition) is 7. The molecular weight excluding hydrogens is 649 g/mol. The minimum Gasteiger partial charge on any atom is -0.387 e. The largest absolute Gasteiger partial charge is 0.490 e. The summed E-state index contributed by atoms with van der Waals surface area (Å²) in [6, 6.07) is 4.91. The first-order valence-electron chi connectivity index (χ1n) is 11.6. The lowest BCUT2D eigenvalue weighted by molar-refractivity contribution is -0.386. The van der Waals surface area contributed by atoms with E-state index >= 15 is 0 Å². The molecule has 7 atom stereocenters. The van der Waals surface area contributed by atoms with E-state index in [4.69, 9.17) is 29.3 Å². The first-order chi connectivity index (χ1) is 19.9. The monoisotopic (exact) mass is 672 g/mol. The number of aliphatic hydroxyl groups is 2. The van der Waals surface area contributed by atoms with Crippen molar-refractivity contribution in [2.75, 3.05) is 12.3 Å². The average molecular weight is 672 g/mol. The maximum Gasteiger partial charge on any atom is 0.490 e. The van der Waals surface area contributed by atoms with Crippen LogP contribution in [0.1, 0.15) is 24.8 Å². The van der Waals surface area contributed by atoms with E-state index in [-0.39, 0.29) is 22.7 Å². The van der Waals surface area contributed by atoms with Crippen LogP contribution in [0, 0.1) is 10.1 Å². The van der Waals surface area contributed by atoms with E-state index in [2.05, 4.69) is 23.6 Å². The van der Waals surface area contributed by atoms with Crippen LogP contribution in [0.15, 0.2) is 35.4 Å². The molecule has 0 amide bonds. The van der Waals surface area contributed by atoms with Crippen molar-refractivity contribution in [3.63, 3.8) is 0 Å². The number of ether oxygens (including phenoxy) is 1. The van der Waals surface area contributed by atoms with Crippen LogP contribution in [0.25, 0.3) is 11.2 Å². The van der Waals surface area contributed by atoms with Gasteiger partial charge in [-0.05, 0) is 13.0 Å². The number of anilines is 1. The third-order valence-corrected chi connectivity index (χ3v) is 10.1. The third kappa shape index (κ3) is 7.59. The van der Waals surface area contributed by atoms with Gasteiger partial charge in [0.1, 0.15) is 18.3 Å². The summed E-state index contributed by atoms with van der Waals surface area (Å²) in [7, 11) is -17.1. The van der Waals surface area contributed by atoms with E-state index < -0.39 is 76.9 Å². The van der Waals surface area contributed by atoms with Crippen LogP contribution in [0.5, 0.6) is 0 Å². The van der Waals surface area contributed by atoms with Gasteiger partial charge < -0.3 is 35.4 Å². The zero-order valence-electron chi connectivity index (χ0n) is 21.4. The molecule has 4 rings (SSSR count). The molecule has 1 saturated heterocycles. The molecule has 3 heterocycles. The number of phosphoric acid groups is 3. The van der Waals surface area contributed by atoms with Crippen LogP contribution in [0.2, 0.25) is 0 Å². The van der Waals surface area contributed by atoms with E-state index in [0.29, 0.717) is 0 Å². The van der Waals surface area contributed by atoms with Gasteiger partial charge in [0, 0.05) is 6.07 Å². The number of para-hydroxylation sites is 1. The van der Waals surface area contributed by atoms with Crippen LogP contribution in [0.3, 0.4) is 0 Å². The third-order valence-electron chi connectivity index (χ3n) is 5.73. The van der Waals surface area contributed by atoms with E-state index in [1.54, 1.807) is 0 Å². The summed E-state index contributed by atoms with van der Waals surface area (Å²) in [6.45, 7) is 0.0629. The normalized spacial score (nSPS) is 24.4. The number of nitrogen functional groups attached to an aromatic ring is 1. The van der Waals surface area contributed by atoms with Crippen molar-refractivity contribution in [2.24, 2.45) is 0 Å². The zero-order valence-corrected chi connectivity index (χ0v) is 24.1. The molecule has 3 aromatic rings. The Morgan fingerprint density at radius 2 is 1.86 bits per heavy atom. The van der Waals surface area contributed by atoms with Gasteiger partial charge in [0.2, 0.25) is 5.95 Å². The number of aliphatic hydroxyl groups excluding tert-OH is 2. The van der Waals surface area contributed by atoms with Crippen molar-refractivity contribution in [2.45, 2.75) is 37.6 Å². The Balaban J connectivity index is 1.59. The highest BCUT2D eigenvalue weighted by Crippen LogP contribution is 2.69. The van der Waals surface area contributed by atoms with Crippen molar-refractivity contribution < 1.29 is 65.9 Å². The Morgan fingerprint density at radius 1 is 1.19 bits per heavy atom. The first kappa shape index (κ1) is 33.0. The molecule has 0 aliphatic carbocycles. The second-order valence-electron chi connectivity index (χ2n) is 8.75. The quantitative estimate of drug-likeness (QED) is 0.0775. The number of fused-ring (bicyclic) bond motifs is 1. The number of nitrogens with one attached hydrogen (secondary N) is 1. The summed E-state index contributed by atoms with van der Waals surface area (Å²) in [4.78, 5) is 60.3. The molecular formula is C18H23N6O16P3. The van der Waals surface area contributed by atoms with Crippen LogP contribution in [-0.4, -0.2) is 74.3 Å². The highest BCUT2D eigenvalue weighted by molar-refractivity contribution is 7.66. The summed E-state index contributed by atoms with van der Waals surface area (Å²) >= 11 is 0. The fraction of sp³-hybridized carbons (Fsp3) is 0.389. The van der Waals surface area contributed by atoms with Crippen molar-refractivity contribution in [3.05, 3.63) is 56.6 Å². The van der Waals surface area contributed by atoms with Gasteiger partial charge in [-0.3, -0.25) is 33.5 Å². The Bertz CT molecular complexity index is 1730. The Hall–Kier alpha value is -2.94. The summed E-state index contributed by atoms with van der Waals surface area (Å²) < 4.78 is 61.6. The molecule has 8 N–H and O–H groups in total. The number of hydrogen-bond acceptors (Lipinski definition) is 16. The first-order valence-corrected chi connectivity index (χ1v) is 16.1. The lowest BCUT2D eigenvalue weighted by atomic mass is 10.1. The van der Waals surface area contributed by atoms with Crippen molar-refractivity contribution in [1.29, 1.82) is 0 Å². The summed E-state index contributed by atoms with van der Waals surface area (Å²) in [6.07, 6.45) is -7.22. The van der Waals surface area contributed by atoms with Gasteiger partial charge in [-0.25, -0.2) is 18.7 Å². The van der Waals surface area contributed by atoms with Crippen LogP contribution >= 0.6 is 23.5 Å². The molecule has 22 nitrogen and oxygen atoms in total. The second-order valence-corrected chi connectivity index (χ2v) is 13.3. The number of nitro benzene ring substituents is 1. The molecule has 0 saturated carbocycles. The second kappa shape index (κ2) is 12.2. The summed E-state index contributed by atoms with van der Waals surface area (Å²) in [5, 5.41) is 32.6. The van der Waals surface area contributed by atoms with E-state index in [9.17, 15) is 43.7 Å². The van der Waals surface area contributed by atoms with Crippen LogP contribution in [-0.2, 0) is 36.1 Å². The van der Waals surface area contributed by atoms with Gasteiger partial charge in [0.25, 0.3) is 11.2 Å². The number of nitrogens with zero attached hydrogens (tertiary/aromatic N) is 4. The van der Waals surface area contributed by atoms with Gasteiger partial charge in [-0.2, -0.15) is 13.6 Å². The lowest BCUT2D eigenvalue weighted by Gasteiger charge is -2.24. The predicted molar refractivity (Wildman–Crippen MR) is 139 cm³/mol. The van der Waals surface area contributed by atoms with Crippen molar-refractivity contribution in [3.8, 4) is 0 Å². The number of aromatic amines is 1. The number of H-pyrrole nitrogens is 1. The average Bonchev–Trinajstić information content (AvgIpc) is 3.41. The molecule has 1 aliphatic heterocycles. The van der Waals surface area contributed by atoms with Gasteiger partial charge in [-0.1, -0.05) is 12.1 Å². The molecule has 43 heavy (non-hydrogen) atoms. The Morgan fingerprint density at radius 3 is 2.51 bits per heavy atom. The van der Waals surface area contributed by atoms with E-state index in [1.807, 2.05) is 0 Å². The molecule has 1 fully saturated rings. The molecule has 0 bridgehead atoms. The molecule has 236 valence electrons. The van der Waals surface area contributed by atoms with Crippen LogP contribution < -0.4 is 11.3 Å². The zero-order chi connectivity index (χ0) is 31.9. The SMILES string of the molecule is CC(OP(=O)(OC[C@H]1O[C@@H](n2cnc3c(=O)[nH]c(N)nc32)[C@H](O)[C@@H]1O)OP(=O)(O)OP(=O)(O)O)c1ccccc1[N+](=O)[O-]. The number of imidazole rings is 1. The Labute approximate surface area is 238 Å². The summed E-state index contributed by atoms with van der Waals surface area (Å²) in [5.74, 6) is -0.305. The number of aromatic nitrogens is 4. The molecule has 3 unspecified atom stereocenters. The Kier molecular flexibility index (Phi) is 9.36. The molecule has 1 aliphatic rings. The highest BCUT2D eigenvalue weighted by Gasteiger charge is 2.48. The number of phosphoric ester groups is 1. The van der Waals surface area contributed by atoms with Gasteiger partial charge >= 0.3 is 23.5 Å². The number of rotatable bonds is 12. The number of benzene rings is 1. The summed E-state index contributed by atoms with van der Waals surface area (Å²) in [5.41, 5.74) is 3.75. The predicted octanol–water partition coefficient (Wildman–Crippen LogP) is 0.358. The van der Waals surface area contributed by atoms with Crippen molar-refractivity contribution in [1.82, 2.24) is 19.5 Å². The van der Waals surface area contributed by atoms with Gasteiger partial charge in [0.05, 0.1) is 29.5 Å². The molecule has 0 radical (unpaired) electrons. The molecule has 0 spiro atoms. The lowest BCUT2D eigenvalue weighted by Crippen LogP contribution is -2.33. The number of nitrogens with two attached hydrogens (primary N) is 1. The minimum atomic E-state index is -5.92. The molecule has 25 heteroatoms. The highest BCUT2D eigenvalue weighted by atomic mass is 31.3. The van der Waals surface area contributed by atoms with Crippen molar-refractivity contribution >= 4 is 46.3 Å². The topological polar surface area (TPSA) is 331 Å². The fourth-order valence-corrected chi connectivity index (χ4v) is 7.70. The minimum absolute atomic E-state index is 0.148. The fourth-order valence-electron chi connectivity index (χ4n) is 3.99. The van der Waals surface area contributed by atoms with Gasteiger partial charge in [0.15, 0.2) is 17.4 Å². The molecule has 2 aromatic heterocycles. The molecule has 1 aromatic carbocycles. The van der Waals surface area contributed by atoms with Crippen LogP contribution in [0.4, 0.5) is 11.6 Å². The van der Waals surface area contributed by atoms with Gasteiger partial charge in [-0.15, -0.1) is 0 Å². The maximum atomic E-state index is 13.5. The number of nitro groups is 1. The smallest absolute Gasteiger partial charge is 0.387 e. The standard InChI is InChI=1S/C18H23N6O16P3/c1-8(9-4-2-3-5-10(9)24(28)29)38-43(35,40-42(33,34)39-41(30,31)32)36-6-11-13(25)14(26)17(37-11)23-7-20-12-15(23)21-18(19)22-16(12)27/h2-5,7-8,11,13-14,17,25-26H,6H2,1H3,(H,33,34)(H2,30,31,32)(H3,19,21,22,27)/t8?,11-,13-,14-,17-,43?/m1/s1. The van der Waals surface area contributed by atoms with E-state index in [1.165, 1.54) is 18.2 Å². The van der Waals surface area contributed by atoms with E-state index in [0.717, 1.165) is 23.9 Å².